The number of aryl methyl sites for hydroxylation is 1. The highest BCUT2D eigenvalue weighted by atomic mass is 16.4. The second-order valence-electron chi connectivity index (χ2n) is 4.84. The van der Waals surface area contributed by atoms with Crippen LogP contribution in [0, 0.1) is 12.8 Å². The normalized spacial score (nSPS) is 22.6. The number of carbonyl (C=O) groups is 2. The van der Waals surface area contributed by atoms with Gasteiger partial charge in [0.15, 0.2) is 0 Å². The van der Waals surface area contributed by atoms with Gasteiger partial charge in [0.2, 0.25) is 5.91 Å². The van der Waals surface area contributed by atoms with E-state index in [2.05, 4.69) is 6.58 Å². The van der Waals surface area contributed by atoms with Crippen LogP contribution in [0.3, 0.4) is 0 Å². The topological polar surface area (TPSA) is 57.6 Å². The van der Waals surface area contributed by atoms with E-state index in [1.807, 2.05) is 31.2 Å². The van der Waals surface area contributed by atoms with Gasteiger partial charge < -0.3 is 10.0 Å². The molecule has 0 bridgehead atoms. The lowest BCUT2D eigenvalue weighted by molar-refractivity contribution is -0.142. The van der Waals surface area contributed by atoms with Crippen LogP contribution in [0.25, 0.3) is 0 Å². The third-order valence-electron chi connectivity index (χ3n) is 3.46. The van der Waals surface area contributed by atoms with Crippen molar-refractivity contribution in [1.82, 2.24) is 4.90 Å². The number of hydrogen-bond donors (Lipinski definition) is 1. The van der Waals surface area contributed by atoms with Crippen LogP contribution in [0.4, 0.5) is 0 Å². The summed E-state index contributed by atoms with van der Waals surface area (Å²) in [5.41, 5.74) is 1.93. The molecular weight excluding hydrogens is 242 g/mol. The molecular formula is C15H17NO3. The fourth-order valence-electron chi connectivity index (χ4n) is 2.63. The SMILES string of the molecule is C=CCN1C(=O)CC(C(=O)O)C1c1cccc(C)c1. The second kappa shape index (κ2) is 5.26. The summed E-state index contributed by atoms with van der Waals surface area (Å²) in [6, 6.07) is 7.26. The molecule has 0 saturated carbocycles. The molecule has 0 aliphatic carbocycles. The maximum absolute atomic E-state index is 12.0. The van der Waals surface area contributed by atoms with Crippen molar-refractivity contribution in [3.8, 4) is 0 Å². The van der Waals surface area contributed by atoms with Gasteiger partial charge in [0.1, 0.15) is 0 Å². The Morgan fingerprint density at radius 2 is 2.32 bits per heavy atom. The maximum Gasteiger partial charge on any atom is 0.309 e. The van der Waals surface area contributed by atoms with Crippen LogP contribution in [0.5, 0.6) is 0 Å². The number of rotatable bonds is 4. The highest BCUT2D eigenvalue weighted by Gasteiger charge is 2.44. The highest BCUT2D eigenvalue weighted by molar-refractivity contribution is 5.87. The third-order valence-corrected chi connectivity index (χ3v) is 3.46. The Morgan fingerprint density at radius 3 is 2.89 bits per heavy atom. The zero-order chi connectivity index (χ0) is 14.0. The van der Waals surface area contributed by atoms with Gasteiger partial charge in [-0.2, -0.15) is 0 Å². The van der Waals surface area contributed by atoms with E-state index in [9.17, 15) is 14.7 Å². The molecule has 0 spiro atoms. The van der Waals surface area contributed by atoms with E-state index in [4.69, 9.17) is 0 Å². The Hall–Kier alpha value is -2.10. The number of hydrogen-bond acceptors (Lipinski definition) is 2. The average Bonchev–Trinajstić information content (AvgIpc) is 2.68. The van der Waals surface area contributed by atoms with Crippen molar-refractivity contribution in [3.05, 3.63) is 48.0 Å². The summed E-state index contributed by atoms with van der Waals surface area (Å²) >= 11 is 0. The van der Waals surface area contributed by atoms with E-state index in [0.29, 0.717) is 6.54 Å². The van der Waals surface area contributed by atoms with E-state index >= 15 is 0 Å². The number of aliphatic carboxylic acids is 1. The summed E-state index contributed by atoms with van der Waals surface area (Å²) in [4.78, 5) is 24.9. The molecule has 4 nitrogen and oxygen atoms in total. The van der Waals surface area contributed by atoms with Crippen LogP contribution in [-0.4, -0.2) is 28.4 Å². The Morgan fingerprint density at radius 1 is 1.58 bits per heavy atom. The van der Waals surface area contributed by atoms with Crippen LogP contribution >= 0.6 is 0 Å². The third kappa shape index (κ3) is 2.52. The first-order valence-electron chi connectivity index (χ1n) is 6.24. The molecule has 1 saturated heterocycles. The molecule has 2 atom stereocenters. The van der Waals surface area contributed by atoms with Crippen LogP contribution in [0.2, 0.25) is 0 Å². The maximum atomic E-state index is 12.0. The van der Waals surface area contributed by atoms with Crippen LogP contribution < -0.4 is 0 Å². The molecule has 1 aromatic rings. The lowest BCUT2D eigenvalue weighted by Crippen LogP contribution is -2.30. The summed E-state index contributed by atoms with van der Waals surface area (Å²) in [5.74, 6) is -1.74. The van der Waals surface area contributed by atoms with Gasteiger partial charge in [-0.1, -0.05) is 35.9 Å². The lowest BCUT2D eigenvalue weighted by Gasteiger charge is -2.26. The Kier molecular flexibility index (Phi) is 3.69. The molecule has 4 heteroatoms. The van der Waals surface area contributed by atoms with Gasteiger partial charge in [0.25, 0.3) is 0 Å². The molecule has 1 N–H and O–H groups in total. The van der Waals surface area contributed by atoms with Gasteiger partial charge in [-0.3, -0.25) is 9.59 Å². The van der Waals surface area contributed by atoms with Gasteiger partial charge >= 0.3 is 5.97 Å². The minimum Gasteiger partial charge on any atom is -0.481 e. The second-order valence-corrected chi connectivity index (χ2v) is 4.84. The molecule has 19 heavy (non-hydrogen) atoms. The number of carboxylic acids is 1. The minimum absolute atomic E-state index is 0.0573. The van der Waals surface area contributed by atoms with E-state index in [1.165, 1.54) is 0 Å². The van der Waals surface area contributed by atoms with Gasteiger partial charge in [-0.05, 0) is 12.5 Å². The number of nitrogens with zero attached hydrogens (tertiary/aromatic N) is 1. The van der Waals surface area contributed by atoms with Crippen molar-refractivity contribution in [2.75, 3.05) is 6.54 Å². The lowest BCUT2D eigenvalue weighted by atomic mass is 9.93. The first-order chi connectivity index (χ1) is 9.04. The summed E-state index contributed by atoms with van der Waals surface area (Å²) in [6.07, 6.45) is 1.69. The smallest absolute Gasteiger partial charge is 0.309 e. The molecule has 1 aliphatic rings. The molecule has 2 rings (SSSR count). The van der Waals surface area contributed by atoms with Gasteiger partial charge in [0.05, 0.1) is 12.0 Å². The molecule has 1 aromatic carbocycles. The van der Waals surface area contributed by atoms with Crippen molar-refractivity contribution < 1.29 is 14.7 Å². The fourth-order valence-corrected chi connectivity index (χ4v) is 2.63. The average molecular weight is 259 g/mol. The first kappa shape index (κ1) is 13.3. The van der Waals surface area contributed by atoms with E-state index in [1.54, 1.807) is 11.0 Å². The number of carbonyl (C=O) groups excluding carboxylic acids is 1. The molecule has 1 amide bonds. The van der Waals surface area contributed by atoms with E-state index in [0.717, 1.165) is 11.1 Å². The molecule has 100 valence electrons. The Balaban J connectivity index is 2.43. The number of amides is 1. The van der Waals surface area contributed by atoms with Crippen LogP contribution in [-0.2, 0) is 9.59 Å². The molecule has 0 aromatic heterocycles. The fraction of sp³-hybridized carbons (Fsp3) is 0.333. The zero-order valence-corrected chi connectivity index (χ0v) is 10.9. The quantitative estimate of drug-likeness (QED) is 0.843. The number of carboxylic acid groups (broad SMARTS) is 1. The van der Waals surface area contributed by atoms with Crippen molar-refractivity contribution in [1.29, 1.82) is 0 Å². The van der Waals surface area contributed by atoms with E-state index < -0.39 is 17.9 Å². The Labute approximate surface area is 112 Å². The van der Waals surface area contributed by atoms with Crippen molar-refractivity contribution in [3.63, 3.8) is 0 Å². The van der Waals surface area contributed by atoms with Crippen molar-refractivity contribution >= 4 is 11.9 Å². The first-order valence-corrected chi connectivity index (χ1v) is 6.24. The zero-order valence-electron chi connectivity index (χ0n) is 10.9. The standard InChI is InChI=1S/C15H17NO3/c1-3-7-16-13(17)9-12(15(18)19)14(16)11-6-4-5-10(2)8-11/h3-6,8,12,14H,1,7,9H2,2H3,(H,18,19). The van der Waals surface area contributed by atoms with Crippen LogP contribution in [0.15, 0.2) is 36.9 Å². The predicted molar refractivity (Wildman–Crippen MR) is 71.6 cm³/mol. The molecule has 1 heterocycles. The van der Waals surface area contributed by atoms with Gasteiger partial charge in [-0.25, -0.2) is 0 Å². The Bertz CT molecular complexity index is 524. The number of likely N-dealkylation sites (tertiary alicyclic amines) is 1. The molecule has 1 fully saturated rings. The van der Waals surface area contributed by atoms with Crippen molar-refractivity contribution in [2.24, 2.45) is 5.92 Å². The summed E-state index contributed by atoms with van der Waals surface area (Å²) in [5, 5.41) is 9.31. The van der Waals surface area contributed by atoms with Crippen molar-refractivity contribution in [2.45, 2.75) is 19.4 Å². The van der Waals surface area contributed by atoms with Crippen LogP contribution in [0.1, 0.15) is 23.6 Å². The minimum atomic E-state index is -0.925. The molecule has 1 aliphatic heterocycles. The monoisotopic (exact) mass is 259 g/mol. The van der Waals surface area contributed by atoms with E-state index in [-0.39, 0.29) is 12.3 Å². The molecule has 2 unspecified atom stereocenters. The predicted octanol–water partition coefficient (Wildman–Crippen LogP) is 2.16. The van der Waals surface area contributed by atoms with Gasteiger partial charge in [0, 0.05) is 13.0 Å². The summed E-state index contributed by atoms with van der Waals surface area (Å²) in [7, 11) is 0. The summed E-state index contributed by atoms with van der Waals surface area (Å²) < 4.78 is 0. The number of benzene rings is 1. The highest BCUT2D eigenvalue weighted by Crippen LogP contribution is 2.38. The molecule has 0 radical (unpaired) electrons. The summed E-state index contributed by atoms with van der Waals surface area (Å²) in [6.45, 7) is 5.96. The van der Waals surface area contributed by atoms with Gasteiger partial charge in [-0.15, -0.1) is 6.58 Å². The largest absolute Gasteiger partial charge is 0.481 e.